The number of anilines is 3. The van der Waals surface area contributed by atoms with E-state index in [0.29, 0.717) is 18.2 Å². The predicted molar refractivity (Wildman–Crippen MR) is 109 cm³/mol. The highest BCUT2D eigenvalue weighted by Crippen LogP contribution is 2.24. The largest absolute Gasteiger partial charge is 0.467 e. The zero-order valence-electron chi connectivity index (χ0n) is 15.4. The van der Waals surface area contributed by atoms with Gasteiger partial charge < -0.3 is 19.8 Å². The highest BCUT2D eigenvalue weighted by molar-refractivity contribution is 5.60. The molecule has 0 amide bonds. The van der Waals surface area contributed by atoms with Gasteiger partial charge in [0, 0.05) is 11.8 Å². The second-order valence-electron chi connectivity index (χ2n) is 6.18. The van der Waals surface area contributed by atoms with Gasteiger partial charge in [-0.2, -0.15) is 0 Å². The van der Waals surface area contributed by atoms with E-state index in [1.807, 2.05) is 79.7 Å². The van der Waals surface area contributed by atoms with Crippen molar-refractivity contribution < 1.29 is 9.15 Å². The molecular weight excluding hydrogens is 352 g/mol. The number of rotatable bonds is 7. The van der Waals surface area contributed by atoms with Crippen LogP contribution in [0.1, 0.15) is 11.6 Å². The van der Waals surface area contributed by atoms with Crippen molar-refractivity contribution in [3.8, 4) is 11.5 Å². The van der Waals surface area contributed by atoms with Crippen molar-refractivity contribution in [1.29, 1.82) is 0 Å². The number of ether oxygens (including phenoxy) is 1. The Labute approximate surface area is 163 Å². The van der Waals surface area contributed by atoms with Gasteiger partial charge in [-0.25, -0.2) is 9.97 Å². The summed E-state index contributed by atoms with van der Waals surface area (Å²) in [5.41, 5.74) is 0.912. The molecule has 0 radical (unpaired) electrons. The number of nitrogens with one attached hydrogen (secondary N) is 2. The van der Waals surface area contributed by atoms with Crippen molar-refractivity contribution in [3.63, 3.8) is 0 Å². The summed E-state index contributed by atoms with van der Waals surface area (Å²) in [6.45, 7) is 2.43. The first-order valence-corrected chi connectivity index (χ1v) is 8.96. The fourth-order valence-electron chi connectivity index (χ4n) is 2.69. The Morgan fingerprint density at radius 2 is 1.61 bits per heavy atom. The first-order chi connectivity index (χ1) is 13.7. The van der Waals surface area contributed by atoms with Crippen molar-refractivity contribution in [2.24, 2.45) is 0 Å². The summed E-state index contributed by atoms with van der Waals surface area (Å²) >= 11 is 0. The maximum Gasteiger partial charge on any atom is 0.136 e. The molecule has 140 valence electrons. The van der Waals surface area contributed by atoms with Gasteiger partial charge in [0.25, 0.3) is 0 Å². The number of benzene rings is 2. The fraction of sp³-hybridized carbons (Fsp3) is 0.0909. The summed E-state index contributed by atoms with van der Waals surface area (Å²) < 4.78 is 11.1. The number of furan rings is 1. The highest BCUT2D eigenvalue weighted by Gasteiger charge is 2.04. The van der Waals surface area contributed by atoms with Crippen molar-refractivity contribution in [2.45, 2.75) is 13.5 Å². The molecule has 4 rings (SSSR count). The Kier molecular flexibility index (Phi) is 5.20. The van der Waals surface area contributed by atoms with E-state index in [1.54, 1.807) is 6.26 Å². The van der Waals surface area contributed by atoms with Crippen LogP contribution in [0.2, 0.25) is 0 Å². The smallest absolute Gasteiger partial charge is 0.136 e. The van der Waals surface area contributed by atoms with Crippen molar-refractivity contribution in [2.75, 3.05) is 10.6 Å². The summed E-state index contributed by atoms with van der Waals surface area (Å²) in [4.78, 5) is 8.86. The number of hydrogen-bond acceptors (Lipinski definition) is 6. The van der Waals surface area contributed by atoms with Crippen molar-refractivity contribution in [1.82, 2.24) is 9.97 Å². The molecule has 2 aromatic heterocycles. The van der Waals surface area contributed by atoms with E-state index in [-0.39, 0.29) is 0 Å². The van der Waals surface area contributed by atoms with Crippen LogP contribution in [0.4, 0.5) is 17.3 Å². The van der Waals surface area contributed by atoms with Gasteiger partial charge in [0.15, 0.2) is 0 Å². The van der Waals surface area contributed by atoms with E-state index in [4.69, 9.17) is 9.15 Å². The molecule has 28 heavy (non-hydrogen) atoms. The van der Waals surface area contributed by atoms with Gasteiger partial charge in [-0.15, -0.1) is 0 Å². The Morgan fingerprint density at radius 1 is 0.857 bits per heavy atom. The summed E-state index contributed by atoms with van der Waals surface area (Å²) in [5, 5.41) is 6.54. The van der Waals surface area contributed by atoms with Gasteiger partial charge in [-0.1, -0.05) is 18.2 Å². The van der Waals surface area contributed by atoms with E-state index in [1.165, 1.54) is 0 Å². The molecule has 0 saturated carbocycles. The van der Waals surface area contributed by atoms with E-state index < -0.39 is 0 Å². The van der Waals surface area contributed by atoms with E-state index in [9.17, 15) is 0 Å². The molecule has 0 atom stereocenters. The highest BCUT2D eigenvalue weighted by atomic mass is 16.5. The molecule has 0 fully saturated rings. The Bertz CT molecular complexity index is 1020. The lowest BCUT2D eigenvalue weighted by molar-refractivity contribution is 0.483. The van der Waals surface area contributed by atoms with Crippen LogP contribution in [0.15, 0.2) is 83.5 Å². The standard InChI is InChI=1S/C22H20N4O2/c1-16-24-21(23-15-20-8-5-13-27-20)14-22(25-16)26-17-9-11-19(12-10-17)28-18-6-3-2-4-7-18/h2-14H,15H2,1H3,(H2,23,24,25,26). The predicted octanol–water partition coefficient (Wildman–Crippen LogP) is 5.53. The third-order valence-electron chi connectivity index (χ3n) is 3.97. The average molecular weight is 372 g/mol. The minimum absolute atomic E-state index is 0.564. The number of nitrogens with zero attached hydrogens (tertiary/aromatic N) is 2. The van der Waals surface area contributed by atoms with Gasteiger partial charge in [-0.3, -0.25) is 0 Å². The monoisotopic (exact) mass is 372 g/mol. The topological polar surface area (TPSA) is 72.2 Å². The van der Waals surface area contributed by atoms with Crippen LogP contribution < -0.4 is 15.4 Å². The summed E-state index contributed by atoms with van der Waals surface area (Å²) in [5.74, 6) is 4.55. The first-order valence-electron chi connectivity index (χ1n) is 8.96. The molecule has 6 heteroatoms. The molecule has 0 spiro atoms. The molecule has 6 nitrogen and oxygen atoms in total. The molecule has 0 aliphatic carbocycles. The van der Waals surface area contributed by atoms with Gasteiger partial charge >= 0.3 is 0 Å². The summed E-state index contributed by atoms with van der Waals surface area (Å²) in [6.07, 6.45) is 1.65. The zero-order valence-corrected chi connectivity index (χ0v) is 15.4. The first kappa shape index (κ1) is 17.6. The summed E-state index contributed by atoms with van der Waals surface area (Å²) in [6, 6.07) is 23.1. The molecule has 2 aromatic carbocycles. The Hall–Kier alpha value is -3.80. The van der Waals surface area contributed by atoms with Crippen molar-refractivity contribution in [3.05, 3.63) is 90.6 Å². The SMILES string of the molecule is Cc1nc(NCc2ccco2)cc(Nc2ccc(Oc3ccccc3)cc2)n1. The van der Waals surface area contributed by atoms with Crippen LogP contribution in [0.5, 0.6) is 11.5 Å². The third-order valence-corrected chi connectivity index (χ3v) is 3.97. The van der Waals surface area contributed by atoms with Crippen LogP contribution in [-0.4, -0.2) is 9.97 Å². The minimum Gasteiger partial charge on any atom is -0.467 e. The van der Waals surface area contributed by atoms with E-state index in [0.717, 1.165) is 28.8 Å². The lowest BCUT2D eigenvalue weighted by Crippen LogP contribution is -2.04. The maximum atomic E-state index is 5.82. The zero-order chi connectivity index (χ0) is 19.2. The molecule has 2 N–H and O–H groups in total. The summed E-state index contributed by atoms with van der Waals surface area (Å²) in [7, 11) is 0. The second-order valence-corrected chi connectivity index (χ2v) is 6.18. The lowest BCUT2D eigenvalue weighted by Gasteiger charge is -2.11. The van der Waals surface area contributed by atoms with Crippen LogP contribution in [0.25, 0.3) is 0 Å². The van der Waals surface area contributed by atoms with Crippen LogP contribution in [-0.2, 0) is 6.54 Å². The quantitative estimate of drug-likeness (QED) is 0.445. The molecule has 0 unspecified atom stereocenters. The lowest BCUT2D eigenvalue weighted by atomic mass is 10.3. The number of para-hydroxylation sites is 1. The molecule has 0 bridgehead atoms. The van der Waals surface area contributed by atoms with Crippen LogP contribution >= 0.6 is 0 Å². The Morgan fingerprint density at radius 3 is 2.36 bits per heavy atom. The Balaban J connectivity index is 1.41. The molecule has 0 saturated heterocycles. The molecule has 2 heterocycles. The van der Waals surface area contributed by atoms with Gasteiger partial charge in [0.05, 0.1) is 12.8 Å². The molecule has 4 aromatic rings. The minimum atomic E-state index is 0.564. The van der Waals surface area contributed by atoms with Crippen LogP contribution in [0, 0.1) is 6.92 Å². The fourth-order valence-corrected chi connectivity index (χ4v) is 2.69. The molecule has 0 aliphatic heterocycles. The number of aromatic nitrogens is 2. The van der Waals surface area contributed by atoms with Gasteiger partial charge in [0.1, 0.15) is 34.7 Å². The van der Waals surface area contributed by atoms with Gasteiger partial charge in [-0.05, 0) is 55.5 Å². The van der Waals surface area contributed by atoms with Gasteiger partial charge in [0.2, 0.25) is 0 Å². The molecule has 0 aliphatic rings. The van der Waals surface area contributed by atoms with Crippen LogP contribution in [0.3, 0.4) is 0 Å². The van der Waals surface area contributed by atoms with E-state index >= 15 is 0 Å². The normalized spacial score (nSPS) is 10.5. The number of aryl methyl sites for hydroxylation is 1. The molecular formula is C22H20N4O2. The third kappa shape index (κ3) is 4.67. The van der Waals surface area contributed by atoms with Crippen molar-refractivity contribution >= 4 is 17.3 Å². The second kappa shape index (κ2) is 8.26. The maximum absolute atomic E-state index is 5.82. The van der Waals surface area contributed by atoms with E-state index in [2.05, 4.69) is 20.6 Å². The average Bonchev–Trinajstić information content (AvgIpc) is 3.22. The number of hydrogen-bond donors (Lipinski definition) is 2.